The molecule has 0 heteroatoms. The molecule has 9 aliphatic rings. The molecule has 0 nitrogen and oxygen atoms in total. The summed E-state index contributed by atoms with van der Waals surface area (Å²) in [4.78, 5) is 0. The van der Waals surface area contributed by atoms with E-state index in [-0.39, 0.29) is 0 Å². The van der Waals surface area contributed by atoms with Crippen LogP contribution >= 0.6 is 0 Å². The van der Waals surface area contributed by atoms with E-state index in [2.05, 4.69) is 51.7 Å². The fraction of sp³-hybridized carbons (Fsp3) is 0.889. The van der Waals surface area contributed by atoms with Crippen molar-refractivity contribution in [1.82, 2.24) is 0 Å². The van der Waals surface area contributed by atoms with Gasteiger partial charge in [0.2, 0.25) is 0 Å². The average molecular weight is 741 g/mol. The van der Waals surface area contributed by atoms with Gasteiger partial charge in [-0.05, 0) is 217 Å². The van der Waals surface area contributed by atoms with Crippen molar-refractivity contribution in [3.05, 3.63) is 36.5 Å². The molecule has 7 saturated carbocycles. The smallest absolute Gasteiger partial charge is 0.00201 e. The minimum atomic E-state index is 0.681. The Morgan fingerprint density at radius 2 is 1.04 bits per heavy atom. The van der Waals surface area contributed by atoms with Gasteiger partial charge in [-0.2, -0.15) is 0 Å². The highest BCUT2D eigenvalue weighted by Crippen LogP contribution is 2.60. The second-order valence-corrected chi connectivity index (χ2v) is 21.0. The van der Waals surface area contributed by atoms with Gasteiger partial charge in [-0.1, -0.05) is 109 Å². The predicted molar refractivity (Wildman–Crippen MR) is 237 cm³/mol. The molecule has 6 bridgehead atoms. The van der Waals surface area contributed by atoms with Gasteiger partial charge in [0.05, 0.1) is 0 Å². The van der Waals surface area contributed by atoms with Crippen molar-refractivity contribution in [3.8, 4) is 0 Å². The maximum absolute atomic E-state index is 4.54. The molecular weight excluding hydrogens is 649 g/mol. The van der Waals surface area contributed by atoms with Gasteiger partial charge in [0.1, 0.15) is 0 Å². The first-order chi connectivity index (χ1) is 26.5. The van der Waals surface area contributed by atoms with Gasteiger partial charge < -0.3 is 0 Å². The summed E-state index contributed by atoms with van der Waals surface area (Å²) in [5, 5.41) is 0. The quantitative estimate of drug-likeness (QED) is 0.185. The molecule has 9 unspecified atom stereocenters. The number of unbranched alkanes of at least 4 members (excludes halogenated alkanes) is 1. The van der Waals surface area contributed by atoms with Crippen molar-refractivity contribution in [1.29, 1.82) is 0 Å². The van der Waals surface area contributed by atoms with Crippen molar-refractivity contribution >= 4 is 0 Å². The van der Waals surface area contributed by atoms with E-state index < -0.39 is 0 Å². The summed E-state index contributed by atoms with van der Waals surface area (Å²) in [5.74, 6) is 14.1. The van der Waals surface area contributed by atoms with Crippen molar-refractivity contribution in [3.63, 3.8) is 0 Å². The van der Waals surface area contributed by atoms with Crippen LogP contribution in [-0.4, -0.2) is 0 Å². The molecule has 9 atom stereocenters. The Kier molecular flexibility index (Phi) is 16.9. The average Bonchev–Trinajstić information content (AvgIpc) is 3.22. The molecule has 0 aromatic rings. The maximum Gasteiger partial charge on any atom is -0.00201 e. The van der Waals surface area contributed by atoms with Crippen LogP contribution < -0.4 is 0 Å². The van der Waals surface area contributed by atoms with Crippen LogP contribution in [0.4, 0.5) is 0 Å². The van der Waals surface area contributed by atoms with Crippen molar-refractivity contribution in [2.24, 2.45) is 88.8 Å². The highest BCUT2D eigenvalue weighted by molar-refractivity contribution is 5.34. The summed E-state index contributed by atoms with van der Waals surface area (Å²) in [7, 11) is 0. The lowest BCUT2D eigenvalue weighted by Crippen LogP contribution is -2.43. The van der Waals surface area contributed by atoms with E-state index in [9.17, 15) is 0 Å². The summed E-state index contributed by atoms with van der Waals surface area (Å²) in [6, 6.07) is 0. The van der Waals surface area contributed by atoms with Gasteiger partial charge in [-0.15, -0.1) is 13.2 Å². The second-order valence-electron chi connectivity index (χ2n) is 21.0. The van der Waals surface area contributed by atoms with Gasteiger partial charge in [0, 0.05) is 0 Å². The Morgan fingerprint density at radius 3 is 1.61 bits per heavy atom. The number of hydrogen-bond donors (Lipinski definition) is 0. The van der Waals surface area contributed by atoms with Crippen LogP contribution in [0.3, 0.4) is 0 Å². The molecule has 7 fully saturated rings. The van der Waals surface area contributed by atoms with Crippen molar-refractivity contribution in [2.75, 3.05) is 0 Å². The molecule has 0 amide bonds. The highest BCUT2D eigenvalue weighted by Gasteiger charge is 2.49. The lowest BCUT2D eigenvalue weighted by Gasteiger charge is -2.54. The lowest BCUT2D eigenvalue weighted by atomic mass is 9.51. The van der Waals surface area contributed by atoms with E-state index in [0.717, 1.165) is 82.9 Å². The molecule has 9 rings (SSSR count). The summed E-state index contributed by atoms with van der Waals surface area (Å²) < 4.78 is 0. The Morgan fingerprint density at radius 1 is 0.481 bits per heavy atom. The van der Waals surface area contributed by atoms with E-state index in [1.807, 2.05) is 19.4 Å². The van der Waals surface area contributed by atoms with Crippen LogP contribution in [0.1, 0.15) is 214 Å². The number of hydrogen-bond acceptors (Lipinski definition) is 0. The van der Waals surface area contributed by atoms with Gasteiger partial charge >= 0.3 is 0 Å². The van der Waals surface area contributed by atoms with Gasteiger partial charge in [-0.3, -0.25) is 0 Å². The molecule has 0 radical (unpaired) electrons. The minimum Gasteiger partial charge on any atom is -0.103 e. The molecule has 0 aromatic heterocycles. The van der Waals surface area contributed by atoms with Crippen molar-refractivity contribution < 1.29 is 0 Å². The van der Waals surface area contributed by atoms with Crippen LogP contribution in [0.25, 0.3) is 0 Å². The van der Waals surface area contributed by atoms with Crippen molar-refractivity contribution in [2.45, 2.75) is 214 Å². The zero-order valence-corrected chi connectivity index (χ0v) is 37.0. The molecule has 0 N–H and O–H groups in total. The molecule has 0 aromatic carbocycles. The lowest BCUT2D eigenvalue weighted by molar-refractivity contribution is 0.0592. The standard InChI is InChI=1S/C52H86.C2H6/c1-6-11-14-43-28-30-50-47-33-45(13-8-3)40-21-19-38(20-22-40)31-44(12-7-2)41-23-25-42(26-24-41)46(32-37-17-15-36(9-4)16-18-37)34-48(35-47)49-29-27-39(10-5)51(43)52(49)50;1-2/h9-10,36-50H,4-8,11-35H2,1-3H3;1-2H3. The monoisotopic (exact) mass is 741 g/mol. The molecule has 308 valence electrons. The first-order valence-corrected chi connectivity index (χ1v) is 25.5. The number of allylic oxidation sites excluding steroid dienone is 4. The number of fused-ring (bicyclic) bond motifs is 2. The third-order valence-electron chi connectivity index (χ3n) is 18.3. The molecular formula is C54H92. The summed E-state index contributed by atoms with van der Waals surface area (Å²) in [6.07, 6.45) is 46.9. The van der Waals surface area contributed by atoms with Gasteiger partial charge in [0.25, 0.3) is 0 Å². The predicted octanol–water partition coefficient (Wildman–Crippen LogP) is 17.0. The fourth-order valence-electron chi connectivity index (χ4n) is 15.6. The maximum atomic E-state index is 4.54. The van der Waals surface area contributed by atoms with E-state index in [1.54, 1.807) is 83.5 Å². The van der Waals surface area contributed by atoms with E-state index in [0.29, 0.717) is 5.92 Å². The highest BCUT2D eigenvalue weighted by atomic mass is 14.5. The third kappa shape index (κ3) is 10.1. The largest absolute Gasteiger partial charge is 0.103 e. The Labute approximate surface area is 338 Å². The molecule has 0 spiro atoms. The summed E-state index contributed by atoms with van der Waals surface area (Å²) in [5.41, 5.74) is 4.11. The molecule has 0 aliphatic heterocycles. The molecule has 9 aliphatic carbocycles. The zero-order chi connectivity index (χ0) is 38.0. The van der Waals surface area contributed by atoms with Crippen LogP contribution in [0.5, 0.6) is 0 Å². The minimum absolute atomic E-state index is 0.681. The Bertz CT molecular complexity index is 1130. The van der Waals surface area contributed by atoms with Gasteiger partial charge in [-0.25, -0.2) is 0 Å². The van der Waals surface area contributed by atoms with Crippen LogP contribution in [-0.2, 0) is 0 Å². The molecule has 0 heterocycles. The normalized spacial score (nSPS) is 42.6. The summed E-state index contributed by atoms with van der Waals surface area (Å²) in [6.45, 7) is 20.2. The van der Waals surface area contributed by atoms with Crippen LogP contribution in [0, 0.1) is 88.8 Å². The van der Waals surface area contributed by atoms with Crippen LogP contribution in [0.2, 0.25) is 0 Å². The Balaban J connectivity index is 0.00000245. The van der Waals surface area contributed by atoms with E-state index in [4.69, 9.17) is 0 Å². The Hall–Kier alpha value is -0.780. The number of rotatable bonds is 11. The van der Waals surface area contributed by atoms with E-state index in [1.165, 1.54) is 96.3 Å². The summed E-state index contributed by atoms with van der Waals surface area (Å²) >= 11 is 0. The third-order valence-corrected chi connectivity index (χ3v) is 18.3. The van der Waals surface area contributed by atoms with Crippen LogP contribution in [0.15, 0.2) is 36.5 Å². The zero-order valence-electron chi connectivity index (χ0n) is 37.0. The molecule has 0 saturated heterocycles. The second kappa shape index (κ2) is 21.3. The fourth-order valence-corrected chi connectivity index (χ4v) is 15.6. The molecule has 54 heavy (non-hydrogen) atoms. The van der Waals surface area contributed by atoms with E-state index >= 15 is 0 Å². The first-order valence-electron chi connectivity index (χ1n) is 25.5. The topological polar surface area (TPSA) is 0 Å². The van der Waals surface area contributed by atoms with Gasteiger partial charge in [0.15, 0.2) is 0 Å². The first kappa shape index (κ1) is 42.8. The SMILES string of the molecule is C=CC1CCC(CC2CC3CC(CC(CCC)C4CCC(CC4)CC(CCC)C4CCC2CC4)C2CCC(CCCC)C4=C2C3CCC4C=C)CC1.CC.